The zero-order chi connectivity index (χ0) is 19.6. The van der Waals surface area contributed by atoms with Gasteiger partial charge in [-0.3, -0.25) is 4.79 Å². The fourth-order valence-corrected chi connectivity index (χ4v) is 5.18. The van der Waals surface area contributed by atoms with Gasteiger partial charge >= 0.3 is 0 Å². The summed E-state index contributed by atoms with van der Waals surface area (Å²) in [7, 11) is -3.47. The number of hydrogen-bond acceptors (Lipinski definition) is 5. The number of carbonyl (C=O) groups excluding carboxylic acids is 1. The molecule has 0 saturated carbocycles. The molecule has 2 saturated heterocycles. The minimum absolute atomic E-state index is 0.221. The van der Waals surface area contributed by atoms with E-state index in [9.17, 15) is 13.2 Å². The molecule has 1 aromatic heterocycles. The van der Waals surface area contributed by atoms with E-state index in [0.29, 0.717) is 24.5 Å². The van der Waals surface area contributed by atoms with Gasteiger partial charge in [-0.05, 0) is 62.1 Å². The SMILES string of the molecule is O=C(Nc1ccc(N2CCCC2)cn1)c1ccc(S(=O)(=O)N2CCCC2)cc1. The van der Waals surface area contributed by atoms with Gasteiger partial charge in [-0.2, -0.15) is 4.31 Å². The van der Waals surface area contributed by atoms with Gasteiger partial charge in [0, 0.05) is 31.7 Å². The molecule has 2 fully saturated rings. The van der Waals surface area contributed by atoms with E-state index < -0.39 is 10.0 Å². The topological polar surface area (TPSA) is 82.6 Å². The van der Waals surface area contributed by atoms with Crippen LogP contribution in [-0.2, 0) is 10.0 Å². The van der Waals surface area contributed by atoms with E-state index in [1.165, 1.54) is 41.4 Å². The average molecular weight is 401 g/mol. The van der Waals surface area contributed by atoms with E-state index in [0.717, 1.165) is 31.6 Å². The Kier molecular flexibility index (Phi) is 5.32. The van der Waals surface area contributed by atoms with Crippen molar-refractivity contribution in [3.8, 4) is 0 Å². The number of hydrogen-bond donors (Lipinski definition) is 1. The molecule has 0 unspecified atom stereocenters. The molecule has 0 spiro atoms. The van der Waals surface area contributed by atoms with Crippen LogP contribution >= 0.6 is 0 Å². The summed E-state index contributed by atoms with van der Waals surface area (Å²) in [6.45, 7) is 3.20. The molecule has 3 heterocycles. The van der Waals surface area contributed by atoms with Crippen molar-refractivity contribution < 1.29 is 13.2 Å². The van der Waals surface area contributed by atoms with Crippen molar-refractivity contribution in [2.24, 2.45) is 0 Å². The van der Waals surface area contributed by atoms with Crippen molar-refractivity contribution in [2.75, 3.05) is 36.4 Å². The first-order chi connectivity index (χ1) is 13.5. The maximum Gasteiger partial charge on any atom is 0.256 e. The zero-order valence-corrected chi connectivity index (χ0v) is 16.5. The van der Waals surface area contributed by atoms with Crippen LogP contribution in [-0.4, -0.2) is 49.8 Å². The average Bonchev–Trinajstić information content (AvgIpc) is 3.43. The molecular weight excluding hydrogens is 376 g/mol. The van der Waals surface area contributed by atoms with Crippen molar-refractivity contribution in [1.82, 2.24) is 9.29 Å². The van der Waals surface area contributed by atoms with E-state index in [1.54, 1.807) is 12.3 Å². The summed E-state index contributed by atoms with van der Waals surface area (Å²) in [4.78, 5) is 19.3. The first-order valence-electron chi connectivity index (χ1n) is 9.67. The van der Waals surface area contributed by atoms with Crippen molar-refractivity contribution in [3.63, 3.8) is 0 Å². The largest absolute Gasteiger partial charge is 0.370 e. The molecule has 2 aromatic rings. The molecule has 0 bridgehead atoms. The van der Waals surface area contributed by atoms with Crippen molar-refractivity contribution in [1.29, 1.82) is 0 Å². The number of sulfonamides is 1. The quantitative estimate of drug-likeness (QED) is 0.834. The van der Waals surface area contributed by atoms with Crippen LogP contribution in [0.15, 0.2) is 47.5 Å². The monoisotopic (exact) mass is 400 g/mol. The van der Waals surface area contributed by atoms with Crippen LogP contribution in [0.3, 0.4) is 0 Å². The lowest BCUT2D eigenvalue weighted by atomic mass is 10.2. The number of benzene rings is 1. The van der Waals surface area contributed by atoms with Gasteiger partial charge in [0.05, 0.1) is 16.8 Å². The highest BCUT2D eigenvalue weighted by Gasteiger charge is 2.27. The maximum atomic E-state index is 12.6. The van der Waals surface area contributed by atoms with E-state index in [1.807, 2.05) is 6.07 Å². The minimum atomic E-state index is -3.47. The number of rotatable bonds is 5. The number of nitrogens with zero attached hydrogens (tertiary/aromatic N) is 3. The summed E-state index contributed by atoms with van der Waals surface area (Å²) in [5.41, 5.74) is 1.46. The van der Waals surface area contributed by atoms with E-state index in [4.69, 9.17) is 0 Å². The van der Waals surface area contributed by atoms with Crippen LogP contribution in [0.5, 0.6) is 0 Å². The summed E-state index contributed by atoms with van der Waals surface area (Å²) in [6, 6.07) is 9.81. The summed E-state index contributed by atoms with van der Waals surface area (Å²) in [5.74, 6) is 0.160. The fourth-order valence-electron chi connectivity index (χ4n) is 3.67. The second-order valence-electron chi connectivity index (χ2n) is 7.19. The molecule has 0 atom stereocenters. The minimum Gasteiger partial charge on any atom is -0.370 e. The number of anilines is 2. The standard InChI is InChI=1S/C20H24N4O3S/c25-20(22-19-10-7-17(15-21-19)23-11-1-2-12-23)16-5-8-18(9-6-16)28(26,27)24-13-3-4-14-24/h5-10,15H,1-4,11-14H2,(H,21,22,25). The van der Waals surface area contributed by atoms with Gasteiger partial charge in [-0.1, -0.05) is 0 Å². The van der Waals surface area contributed by atoms with Gasteiger partial charge in [0.25, 0.3) is 5.91 Å². The lowest BCUT2D eigenvalue weighted by molar-refractivity contribution is 0.102. The Labute approximate surface area is 165 Å². The first-order valence-corrected chi connectivity index (χ1v) is 11.1. The van der Waals surface area contributed by atoms with E-state index in [2.05, 4.69) is 15.2 Å². The van der Waals surface area contributed by atoms with E-state index in [-0.39, 0.29) is 10.8 Å². The Morgan fingerprint density at radius 1 is 0.893 bits per heavy atom. The first kappa shape index (κ1) is 18.9. The Morgan fingerprint density at radius 3 is 2.14 bits per heavy atom. The van der Waals surface area contributed by atoms with Crippen LogP contribution in [0.2, 0.25) is 0 Å². The van der Waals surface area contributed by atoms with Crippen LogP contribution in [0.25, 0.3) is 0 Å². The highest BCUT2D eigenvalue weighted by molar-refractivity contribution is 7.89. The lowest BCUT2D eigenvalue weighted by Gasteiger charge is -2.17. The summed E-state index contributed by atoms with van der Waals surface area (Å²) < 4.78 is 26.6. The smallest absolute Gasteiger partial charge is 0.256 e. The van der Waals surface area contributed by atoms with Crippen LogP contribution in [0.1, 0.15) is 36.0 Å². The predicted molar refractivity (Wildman–Crippen MR) is 108 cm³/mol. The predicted octanol–water partition coefficient (Wildman–Crippen LogP) is 2.72. The molecule has 1 amide bonds. The Morgan fingerprint density at radius 2 is 1.54 bits per heavy atom. The van der Waals surface area contributed by atoms with Crippen molar-refractivity contribution in [3.05, 3.63) is 48.2 Å². The van der Waals surface area contributed by atoms with Gasteiger partial charge < -0.3 is 10.2 Å². The fraction of sp³-hybridized carbons (Fsp3) is 0.400. The van der Waals surface area contributed by atoms with Gasteiger partial charge in [0.15, 0.2) is 0 Å². The van der Waals surface area contributed by atoms with Crippen LogP contribution in [0.4, 0.5) is 11.5 Å². The Bertz CT molecular complexity index is 930. The zero-order valence-electron chi connectivity index (χ0n) is 15.7. The molecule has 2 aliphatic rings. The Balaban J connectivity index is 1.42. The molecule has 8 heteroatoms. The molecule has 4 rings (SSSR count). The van der Waals surface area contributed by atoms with Crippen molar-refractivity contribution in [2.45, 2.75) is 30.6 Å². The molecule has 2 aliphatic heterocycles. The number of amides is 1. The summed E-state index contributed by atoms with van der Waals surface area (Å²) in [5, 5.41) is 2.76. The number of pyridine rings is 1. The van der Waals surface area contributed by atoms with E-state index >= 15 is 0 Å². The summed E-state index contributed by atoms with van der Waals surface area (Å²) in [6.07, 6.45) is 5.95. The van der Waals surface area contributed by atoms with Crippen molar-refractivity contribution >= 4 is 27.4 Å². The number of nitrogens with one attached hydrogen (secondary N) is 1. The normalized spacial score (nSPS) is 17.8. The molecule has 148 valence electrons. The van der Waals surface area contributed by atoms with Gasteiger partial charge in [0.2, 0.25) is 10.0 Å². The Hall–Kier alpha value is -2.45. The molecule has 7 nitrogen and oxygen atoms in total. The van der Waals surface area contributed by atoms with Gasteiger partial charge in [-0.15, -0.1) is 0 Å². The molecule has 0 radical (unpaired) electrons. The second kappa shape index (κ2) is 7.89. The third-order valence-electron chi connectivity index (χ3n) is 5.28. The number of carbonyl (C=O) groups is 1. The maximum absolute atomic E-state index is 12.6. The molecular formula is C20H24N4O3S. The molecule has 1 N–H and O–H groups in total. The van der Waals surface area contributed by atoms with Crippen LogP contribution in [0, 0.1) is 0 Å². The number of aromatic nitrogens is 1. The highest BCUT2D eigenvalue weighted by atomic mass is 32.2. The second-order valence-corrected chi connectivity index (χ2v) is 9.12. The molecule has 0 aliphatic carbocycles. The van der Waals surface area contributed by atoms with Crippen LogP contribution < -0.4 is 10.2 Å². The van der Waals surface area contributed by atoms with Gasteiger partial charge in [0.1, 0.15) is 5.82 Å². The molecule has 1 aromatic carbocycles. The third-order valence-corrected chi connectivity index (χ3v) is 7.19. The third kappa shape index (κ3) is 3.88. The highest BCUT2D eigenvalue weighted by Crippen LogP contribution is 2.22. The lowest BCUT2D eigenvalue weighted by Crippen LogP contribution is -2.27. The van der Waals surface area contributed by atoms with Gasteiger partial charge in [-0.25, -0.2) is 13.4 Å². The summed E-state index contributed by atoms with van der Waals surface area (Å²) >= 11 is 0. The molecule has 28 heavy (non-hydrogen) atoms.